The highest BCUT2D eigenvalue weighted by Crippen LogP contribution is 2.25. The lowest BCUT2D eigenvalue weighted by atomic mass is 10.0. The molecule has 0 aromatic heterocycles. The number of nitriles is 1. The summed E-state index contributed by atoms with van der Waals surface area (Å²) >= 11 is 0. The van der Waals surface area contributed by atoms with Crippen LogP contribution in [0.2, 0.25) is 0 Å². The average Bonchev–Trinajstić information content (AvgIpc) is 3.18. The van der Waals surface area contributed by atoms with Gasteiger partial charge in [0.25, 0.3) is 11.8 Å². The number of fused-ring (bicyclic) bond motifs is 1. The number of carbonyl (C=O) groups excluding carboxylic acids is 2. The Kier molecular flexibility index (Phi) is 8.55. The number of rotatable bonds is 6. The predicted octanol–water partition coefficient (Wildman–Crippen LogP) is 4.32. The normalized spacial score (nSPS) is 15.1. The van der Waals surface area contributed by atoms with E-state index in [1.54, 1.807) is 48.5 Å². The first-order valence-electron chi connectivity index (χ1n) is 12.7. The van der Waals surface area contributed by atoms with Crippen LogP contribution < -0.4 is 4.90 Å². The largest absolute Gasteiger partial charge is 0.508 e. The molecule has 1 saturated heterocycles. The summed E-state index contributed by atoms with van der Waals surface area (Å²) in [7, 11) is 0. The number of aromatic hydroxyl groups is 1. The molecule has 2 heterocycles. The monoisotopic (exact) mass is 496 g/mol. The van der Waals surface area contributed by atoms with Gasteiger partial charge in [-0.3, -0.25) is 19.4 Å². The molecule has 0 aliphatic carbocycles. The number of phenolic OH excluding ortho intramolecular Hbond substituents is 1. The molecular formula is C30H32N4O3. The van der Waals surface area contributed by atoms with Gasteiger partial charge in [-0.15, -0.1) is 0 Å². The Bertz CT molecular complexity index is 1240. The van der Waals surface area contributed by atoms with Crippen LogP contribution in [0.15, 0.2) is 72.8 Å². The van der Waals surface area contributed by atoms with E-state index in [0.29, 0.717) is 35.5 Å². The van der Waals surface area contributed by atoms with Crippen molar-refractivity contribution in [3.8, 4) is 11.8 Å². The number of piperazine rings is 1. The quantitative estimate of drug-likeness (QED) is 0.512. The van der Waals surface area contributed by atoms with Crippen molar-refractivity contribution in [3.05, 3.63) is 95.1 Å². The van der Waals surface area contributed by atoms with Gasteiger partial charge in [0.2, 0.25) is 0 Å². The summed E-state index contributed by atoms with van der Waals surface area (Å²) in [6.45, 7) is 6.82. The molecule has 2 aliphatic heterocycles. The molecule has 0 saturated carbocycles. The fraction of sp³-hybridized carbons (Fsp3) is 0.300. The minimum absolute atomic E-state index is 0.184. The van der Waals surface area contributed by atoms with Crippen LogP contribution >= 0.6 is 0 Å². The van der Waals surface area contributed by atoms with Gasteiger partial charge in [-0.05, 0) is 54.4 Å². The van der Waals surface area contributed by atoms with E-state index in [0.717, 1.165) is 39.0 Å². The zero-order chi connectivity index (χ0) is 26.2. The van der Waals surface area contributed by atoms with Gasteiger partial charge in [0.1, 0.15) is 5.75 Å². The zero-order valence-electron chi connectivity index (χ0n) is 21.1. The van der Waals surface area contributed by atoms with E-state index in [1.807, 2.05) is 18.2 Å². The Morgan fingerprint density at radius 2 is 1.46 bits per heavy atom. The van der Waals surface area contributed by atoms with Crippen molar-refractivity contribution in [2.45, 2.75) is 19.8 Å². The van der Waals surface area contributed by atoms with Gasteiger partial charge in [0.05, 0.1) is 22.8 Å². The number of aryl methyl sites for hydroxylation is 1. The van der Waals surface area contributed by atoms with Crippen molar-refractivity contribution < 1.29 is 14.7 Å². The molecule has 7 nitrogen and oxygen atoms in total. The Balaban J connectivity index is 0.000000396. The molecule has 0 bridgehead atoms. The number of anilines is 1. The molecule has 0 unspecified atom stereocenters. The van der Waals surface area contributed by atoms with Crippen molar-refractivity contribution in [2.24, 2.45) is 0 Å². The molecule has 0 spiro atoms. The first-order chi connectivity index (χ1) is 18.0. The van der Waals surface area contributed by atoms with Gasteiger partial charge in [-0.1, -0.05) is 43.7 Å². The van der Waals surface area contributed by atoms with Gasteiger partial charge < -0.3 is 10.0 Å². The van der Waals surface area contributed by atoms with E-state index in [1.165, 1.54) is 16.2 Å². The van der Waals surface area contributed by atoms with Crippen LogP contribution in [0.1, 0.15) is 45.2 Å². The number of nitrogens with zero attached hydrogens (tertiary/aromatic N) is 4. The Labute approximate surface area is 218 Å². The van der Waals surface area contributed by atoms with E-state index in [-0.39, 0.29) is 11.8 Å². The molecule has 5 rings (SSSR count). The third kappa shape index (κ3) is 6.16. The van der Waals surface area contributed by atoms with E-state index < -0.39 is 0 Å². The van der Waals surface area contributed by atoms with Crippen LogP contribution in [-0.2, 0) is 6.42 Å². The highest BCUT2D eigenvalue weighted by molar-refractivity contribution is 6.21. The maximum Gasteiger partial charge on any atom is 0.261 e. The third-order valence-electron chi connectivity index (χ3n) is 6.72. The molecule has 7 heteroatoms. The summed E-state index contributed by atoms with van der Waals surface area (Å²) in [5.74, 6) is -0.0467. The molecule has 0 radical (unpaired) electrons. The lowest BCUT2D eigenvalue weighted by molar-refractivity contribution is 0.0635. The van der Waals surface area contributed by atoms with Crippen LogP contribution in [0, 0.1) is 11.3 Å². The molecular weight excluding hydrogens is 464 g/mol. The summed E-state index contributed by atoms with van der Waals surface area (Å²) < 4.78 is 0. The van der Waals surface area contributed by atoms with Crippen molar-refractivity contribution >= 4 is 17.5 Å². The van der Waals surface area contributed by atoms with E-state index >= 15 is 0 Å². The van der Waals surface area contributed by atoms with Crippen molar-refractivity contribution in [2.75, 3.05) is 44.2 Å². The Hall–Kier alpha value is -4.15. The first kappa shape index (κ1) is 25.9. The number of carbonyl (C=O) groups is 2. The standard InChI is InChI=1S/C24H26N4O2.C6H6O/c1-2-5-19-16-18(17-25)8-9-22(19)27-13-10-26(11-14-27)12-15-28-23(29)20-6-3-4-7-21(20)24(28)30;7-6-4-2-1-3-5-6/h3-4,6-9,16H,2,5,10-15H2,1H3;1-5,7H. The van der Waals surface area contributed by atoms with Crippen LogP contribution in [0.4, 0.5) is 5.69 Å². The zero-order valence-corrected chi connectivity index (χ0v) is 21.1. The fourth-order valence-corrected chi connectivity index (χ4v) is 4.76. The van der Waals surface area contributed by atoms with E-state index in [2.05, 4.69) is 28.9 Å². The lowest BCUT2D eigenvalue weighted by Gasteiger charge is -2.37. The Morgan fingerprint density at radius 1 is 0.838 bits per heavy atom. The lowest BCUT2D eigenvalue weighted by Crippen LogP contribution is -2.49. The number of phenols is 1. The van der Waals surface area contributed by atoms with Gasteiger partial charge in [0, 0.05) is 45.0 Å². The van der Waals surface area contributed by atoms with Crippen molar-refractivity contribution in [1.82, 2.24) is 9.80 Å². The van der Waals surface area contributed by atoms with Crippen molar-refractivity contribution in [3.63, 3.8) is 0 Å². The van der Waals surface area contributed by atoms with Gasteiger partial charge in [-0.2, -0.15) is 5.26 Å². The Morgan fingerprint density at radius 3 is 2.00 bits per heavy atom. The SMILES string of the molecule is CCCc1cc(C#N)ccc1N1CCN(CCN2C(=O)c3ccccc3C2=O)CC1.Oc1ccccc1. The smallest absolute Gasteiger partial charge is 0.261 e. The van der Waals surface area contributed by atoms with Gasteiger partial charge >= 0.3 is 0 Å². The van der Waals surface area contributed by atoms with E-state index in [9.17, 15) is 14.9 Å². The summed E-state index contributed by atoms with van der Waals surface area (Å²) in [6, 6.07) is 23.9. The first-order valence-corrected chi connectivity index (χ1v) is 12.7. The number of imide groups is 1. The second-order valence-electron chi connectivity index (χ2n) is 9.18. The van der Waals surface area contributed by atoms with Crippen LogP contribution in [0.5, 0.6) is 5.75 Å². The molecule has 3 aromatic rings. The predicted molar refractivity (Wildman–Crippen MR) is 144 cm³/mol. The maximum absolute atomic E-state index is 12.5. The molecule has 1 fully saturated rings. The van der Waals surface area contributed by atoms with Crippen molar-refractivity contribution in [1.29, 1.82) is 5.26 Å². The topological polar surface area (TPSA) is 87.9 Å². The molecule has 0 atom stereocenters. The van der Waals surface area contributed by atoms with E-state index in [4.69, 9.17) is 5.11 Å². The van der Waals surface area contributed by atoms with Gasteiger partial charge in [-0.25, -0.2) is 0 Å². The summed E-state index contributed by atoms with van der Waals surface area (Å²) in [5.41, 5.74) is 4.18. The number of benzene rings is 3. The van der Waals surface area contributed by atoms with Crippen LogP contribution in [0.3, 0.4) is 0 Å². The molecule has 37 heavy (non-hydrogen) atoms. The molecule has 3 aromatic carbocycles. The highest BCUT2D eigenvalue weighted by Gasteiger charge is 2.35. The minimum Gasteiger partial charge on any atom is -0.508 e. The number of amides is 2. The van der Waals surface area contributed by atoms with Crippen LogP contribution in [-0.4, -0.2) is 66.0 Å². The highest BCUT2D eigenvalue weighted by atomic mass is 16.3. The average molecular weight is 497 g/mol. The maximum atomic E-state index is 12.5. The molecule has 2 aliphatic rings. The molecule has 1 N–H and O–H groups in total. The number of para-hydroxylation sites is 1. The third-order valence-corrected chi connectivity index (χ3v) is 6.72. The molecule has 190 valence electrons. The second-order valence-corrected chi connectivity index (χ2v) is 9.18. The fourth-order valence-electron chi connectivity index (χ4n) is 4.76. The van der Waals surface area contributed by atoms with Crippen LogP contribution in [0.25, 0.3) is 0 Å². The summed E-state index contributed by atoms with van der Waals surface area (Å²) in [4.78, 5) is 31.1. The summed E-state index contributed by atoms with van der Waals surface area (Å²) in [5, 5.41) is 17.8. The number of hydrogen-bond donors (Lipinski definition) is 1. The molecule has 2 amide bonds. The number of hydrogen-bond acceptors (Lipinski definition) is 6. The second kappa shape index (κ2) is 12.2. The summed E-state index contributed by atoms with van der Waals surface area (Å²) in [6.07, 6.45) is 2.01. The minimum atomic E-state index is -0.184. The van der Waals surface area contributed by atoms with Gasteiger partial charge in [0.15, 0.2) is 0 Å².